The smallest absolute Gasteiger partial charge is 0.140 e. The molecule has 0 saturated heterocycles. The Labute approximate surface area is 137 Å². The molecule has 0 radical (unpaired) electrons. The van der Waals surface area contributed by atoms with Gasteiger partial charge in [-0.2, -0.15) is 0 Å². The lowest BCUT2D eigenvalue weighted by atomic mass is 10.1. The molecule has 1 aromatic heterocycles. The van der Waals surface area contributed by atoms with Crippen molar-refractivity contribution in [1.29, 1.82) is 0 Å². The van der Waals surface area contributed by atoms with Gasteiger partial charge in [-0.25, -0.2) is 4.39 Å². The van der Waals surface area contributed by atoms with E-state index in [4.69, 9.17) is 14.9 Å². The number of hydrogen-bond acceptors (Lipinski definition) is 4. The van der Waals surface area contributed by atoms with E-state index in [-0.39, 0.29) is 5.82 Å². The second kappa shape index (κ2) is 13.7. The van der Waals surface area contributed by atoms with Crippen molar-refractivity contribution in [3.05, 3.63) is 59.7 Å². The van der Waals surface area contributed by atoms with Crippen molar-refractivity contribution in [2.24, 2.45) is 0 Å². The van der Waals surface area contributed by atoms with Crippen molar-refractivity contribution in [2.75, 3.05) is 6.79 Å². The third kappa shape index (κ3) is 8.90. The van der Waals surface area contributed by atoms with Gasteiger partial charge >= 0.3 is 0 Å². The minimum Gasteiger partial charge on any atom is -0.487 e. The zero-order valence-electron chi connectivity index (χ0n) is 14.0. The van der Waals surface area contributed by atoms with Crippen LogP contribution in [0.2, 0.25) is 0 Å². The topological polar surface area (TPSA) is 62.6 Å². The first kappa shape index (κ1) is 21.0. The van der Waals surface area contributed by atoms with Crippen molar-refractivity contribution in [2.45, 2.75) is 40.2 Å². The zero-order chi connectivity index (χ0) is 17.5. The minimum absolute atomic E-state index is 0.199. The maximum atomic E-state index is 13.7. The van der Waals surface area contributed by atoms with Crippen molar-refractivity contribution in [3.63, 3.8) is 0 Å². The molecule has 0 atom stereocenters. The van der Waals surface area contributed by atoms with Crippen molar-refractivity contribution >= 4 is 0 Å². The lowest BCUT2D eigenvalue weighted by Gasteiger charge is -2.07. The summed E-state index contributed by atoms with van der Waals surface area (Å²) in [5, 5.41) is 14.2. The largest absolute Gasteiger partial charge is 0.487 e. The monoisotopic (exact) mass is 323 g/mol. The number of hydrogen-bond donors (Lipinski definition) is 2. The van der Waals surface area contributed by atoms with E-state index < -0.39 is 6.79 Å². The van der Waals surface area contributed by atoms with Gasteiger partial charge in [-0.15, -0.1) is 0 Å². The van der Waals surface area contributed by atoms with E-state index in [2.05, 4.69) is 4.98 Å². The Bertz CT molecular complexity index is 521. The summed E-state index contributed by atoms with van der Waals surface area (Å²) in [5.41, 5.74) is 1.57. The molecule has 0 aliphatic carbocycles. The van der Waals surface area contributed by atoms with Crippen LogP contribution in [-0.4, -0.2) is 22.0 Å². The highest BCUT2D eigenvalue weighted by molar-refractivity contribution is 5.29. The van der Waals surface area contributed by atoms with Crippen LogP contribution in [0.3, 0.4) is 0 Å². The summed E-state index contributed by atoms with van der Waals surface area (Å²) >= 11 is 0. The summed E-state index contributed by atoms with van der Waals surface area (Å²) in [5.74, 6) is 0.341. The number of rotatable bonds is 5. The molecule has 0 aliphatic rings. The summed E-state index contributed by atoms with van der Waals surface area (Å²) < 4.78 is 19.2. The standard InChI is InChI=1S/C15H16FNO.C2H6.CH4O2/c1-2-5-12-7-8-14(10-15(12)16)18-11-13-6-3-4-9-17-13;1-2;2-1-3/h3-4,6-10H,2,5,11H2,1H3;1-2H3;2-3H,1H2. The Morgan fingerprint density at radius 2 is 1.83 bits per heavy atom. The predicted octanol–water partition coefficient (Wildman–Crippen LogP) is 3.71. The Kier molecular flexibility index (Phi) is 12.5. The molecule has 0 unspecified atom stereocenters. The van der Waals surface area contributed by atoms with Gasteiger partial charge in [0, 0.05) is 12.3 Å². The number of halogens is 1. The quantitative estimate of drug-likeness (QED) is 0.824. The van der Waals surface area contributed by atoms with Crippen molar-refractivity contribution in [1.82, 2.24) is 4.98 Å². The van der Waals surface area contributed by atoms with Crippen molar-refractivity contribution < 1.29 is 19.3 Å². The molecule has 23 heavy (non-hydrogen) atoms. The maximum Gasteiger partial charge on any atom is 0.140 e. The highest BCUT2D eigenvalue weighted by Gasteiger charge is 2.04. The van der Waals surface area contributed by atoms with Gasteiger partial charge in [-0.1, -0.05) is 39.3 Å². The third-order valence-corrected chi connectivity index (χ3v) is 2.66. The lowest BCUT2D eigenvalue weighted by Crippen LogP contribution is -1.98. The van der Waals surface area contributed by atoms with Crippen LogP contribution in [0.1, 0.15) is 38.4 Å². The second-order valence-electron chi connectivity index (χ2n) is 4.25. The molecule has 4 nitrogen and oxygen atoms in total. The van der Waals surface area contributed by atoms with E-state index in [1.807, 2.05) is 39.0 Å². The fourth-order valence-electron chi connectivity index (χ4n) is 1.73. The van der Waals surface area contributed by atoms with Crippen LogP contribution < -0.4 is 4.74 Å². The van der Waals surface area contributed by atoms with E-state index in [1.54, 1.807) is 18.3 Å². The summed E-state index contributed by atoms with van der Waals surface area (Å²) in [4.78, 5) is 4.14. The summed E-state index contributed by atoms with van der Waals surface area (Å²) in [7, 11) is 0. The van der Waals surface area contributed by atoms with Gasteiger partial charge in [0.2, 0.25) is 0 Å². The maximum absolute atomic E-state index is 13.7. The van der Waals surface area contributed by atoms with Crippen LogP contribution in [0.25, 0.3) is 0 Å². The summed E-state index contributed by atoms with van der Waals surface area (Å²) in [6.07, 6.45) is 3.40. The number of aliphatic hydroxyl groups is 2. The Balaban J connectivity index is 0.000000868. The molecule has 2 aromatic rings. The van der Waals surface area contributed by atoms with Gasteiger partial charge < -0.3 is 14.9 Å². The normalized spacial score (nSPS) is 9.13. The number of aryl methyl sites for hydroxylation is 1. The molecule has 128 valence electrons. The highest BCUT2D eigenvalue weighted by atomic mass is 19.1. The fraction of sp³-hybridized carbons (Fsp3) is 0.389. The average Bonchev–Trinajstić information content (AvgIpc) is 2.59. The molecular formula is C18H26FNO3. The molecule has 0 spiro atoms. The van der Waals surface area contributed by atoms with Gasteiger partial charge in [0.1, 0.15) is 25.0 Å². The predicted molar refractivity (Wildman–Crippen MR) is 89.6 cm³/mol. The van der Waals surface area contributed by atoms with Gasteiger partial charge in [-0.05, 0) is 30.2 Å². The van der Waals surface area contributed by atoms with Gasteiger partial charge in [-0.3, -0.25) is 4.98 Å². The van der Waals surface area contributed by atoms with E-state index in [9.17, 15) is 4.39 Å². The Hall–Kier alpha value is -1.98. The molecule has 2 rings (SSSR count). The number of nitrogens with zero attached hydrogens (tertiary/aromatic N) is 1. The van der Waals surface area contributed by atoms with E-state index in [0.29, 0.717) is 12.4 Å². The van der Waals surface area contributed by atoms with Crippen LogP contribution in [0.5, 0.6) is 5.75 Å². The van der Waals surface area contributed by atoms with E-state index in [0.717, 1.165) is 24.1 Å². The number of benzene rings is 1. The first-order valence-electron chi connectivity index (χ1n) is 7.74. The van der Waals surface area contributed by atoms with Crippen molar-refractivity contribution in [3.8, 4) is 5.75 Å². The number of aliphatic hydroxyl groups excluding tert-OH is 1. The molecular weight excluding hydrogens is 297 g/mol. The highest BCUT2D eigenvalue weighted by Crippen LogP contribution is 2.18. The molecule has 0 amide bonds. The third-order valence-electron chi connectivity index (χ3n) is 2.66. The Morgan fingerprint density at radius 3 is 2.35 bits per heavy atom. The first-order valence-corrected chi connectivity index (χ1v) is 7.74. The molecule has 0 fully saturated rings. The average molecular weight is 323 g/mol. The van der Waals surface area contributed by atoms with Gasteiger partial charge in [0.25, 0.3) is 0 Å². The Morgan fingerprint density at radius 1 is 1.13 bits per heavy atom. The molecule has 2 N–H and O–H groups in total. The molecule has 0 saturated carbocycles. The van der Waals surface area contributed by atoms with Gasteiger partial charge in [0.15, 0.2) is 0 Å². The molecule has 5 heteroatoms. The first-order chi connectivity index (χ1) is 11.2. The molecule has 0 bridgehead atoms. The lowest BCUT2D eigenvalue weighted by molar-refractivity contribution is 0.0773. The van der Waals surface area contributed by atoms with Crippen LogP contribution in [0.4, 0.5) is 4.39 Å². The fourth-order valence-corrected chi connectivity index (χ4v) is 1.73. The number of ether oxygens (including phenoxy) is 1. The second-order valence-corrected chi connectivity index (χ2v) is 4.25. The van der Waals surface area contributed by atoms with Crippen LogP contribution in [0, 0.1) is 5.82 Å². The van der Waals surface area contributed by atoms with Crippen LogP contribution in [0.15, 0.2) is 42.6 Å². The van der Waals surface area contributed by atoms with Gasteiger partial charge in [0.05, 0.1) is 5.69 Å². The van der Waals surface area contributed by atoms with Crippen LogP contribution in [-0.2, 0) is 13.0 Å². The number of pyridine rings is 1. The summed E-state index contributed by atoms with van der Waals surface area (Å²) in [6, 6.07) is 10.7. The zero-order valence-corrected chi connectivity index (χ0v) is 14.0. The van der Waals surface area contributed by atoms with E-state index in [1.165, 1.54) is 6.07 Å². The SMILES string of the molecule is CC.CCCc1ccc(OCc2ccccn2)cc1F.OCO. The molecule has 1 aromatic carbocycles. The molecule has 1 heterocycles. The molecule has 0 aliphatic heterocycles. The van der Waals surface area contributed by atoms with Crippen LogP contribution >= 0.6 is 0 Å². The van der Waals surface area contributed by atoms with E-state index >= 15 is 0 Å². The number of aromatic nitrogens is 1. The minimum atomic E-state index is -0.750. The summed E-state index contributed by atoms with van der Waals surface area (Å²) in [6.45, 7) is 5.64.